The van der Waals surface area contributed by atoms with Crippen LogP contribution in [0.2, 0.25) is 0 Å². The molecule has 0 saturated carbocycles. The maximum atomic E-state index is 12.9. The molecule has 2 aromatic heterocycles. The number of ether oxygens (including phenoxy) is 1. The summed E-state index contributed by atoms with van der Waals surface area (Å²) in [4.78, 5) is 9.36. The molecule has 0 unspecified atom stereocenters. The number of nitrogens with zero attached hydrogens (tertiary/aromatic N) is 3. The molecule has 0 amide bonds. The van der Waals surface area contributed by atoms with Gasteiger partial charge >= 0.3 is 64.9 Å². The third kappa shape index (κ3) is 24.6. The molecular weight excluding hydrogens is 1030 g/mol. The van der Waals surface area contributed by atoms with Gasteiger partial charge in [-0.3, -0.25) is 14.9 Å². The predicted octanol–water partition coefficient (Wildman–Crippen LogP) is 9.67. The Morgan fingerprint density at radius 2 is 1.56 bits per heavy atom. The van der Waals surface area contributed by atoms with Crippen molar-refractivity contribution in [2.75, 3.05) is 33.3 Å². The molecule has 0 aliphatic carbocycles. The molecule has 0 spiro atoms. The summed E-state index contributed by atoms with van der Waals surface area (Å²) in [6, 6.07) is 3.76. The molecule has 39 heavy (non-hydrogen) atoms. The molecular formula is C24H35Br2F4I3N4OV-. The molecule has 15 heteroatoms. The topological polar surface area (TPSA) is 50.3 Å². The van der Waals surface area contributed by atoms with Gasteiger partial charge in [0.15, 0.2) is 0 Å². The van der Waals surface area contributed by atoms with Gasteiger partial charge in [0.1, 0.15) is 5.75 Å². The Bertz CT molecular complexity index is 901. The molecule has 226 valence electrons. The molecule has 4 heterocycles. The van der Waals surface area contributed by atoms with Crippen LogP contribution >= 0.6 is 91.8 Å². The molecule has 2 aromatic rings. The number of rotatable bonds is 3. The summed E-state index contributed by atoms with van der Waals surface area (Å²) in [6.07, 6.45) is 7.73. The Hall–Kier alpha value is 1.47. The molecule has 0 atom stereocenters. The SMILES string of the molecule is C.COc1cncc(Br)c1.FC1(F)CCN(Cc2cncc(Br)c2)C1.FC1(F)CCNC1.[CH2-]CC.[I][V]([I])[I]. The number of alkyl halides is 4. The number of aromatic nitrogens is 2. The first-order valence-electron chi connectivity index (χ1n) is 11.2. The standard InChI is InChI=1S/C10H11BrF2N2.C6H6BrNO.C4H7F2N.C3H7.CH4.3HI.V/c11-9-3-8(4-14-5-9)6-15-2-1-10(12,13)7-15;1-9-6-2-5(7)3-8-4-6;5-4(6)1-2-7-3-4;1-3-2;;;;;/h3-5H,1-2,6-7H2;2-4H,1H3;7H,1-3H2;1,3H2,2H3;1H4;3*1H;/q;;;-1;;;;;+3/p-3. The van der Waals surface area contributed by atoms with Crippen LogP contribution in [-0.2, 0) is 11.5 Å². The van der Waals surface area contributed by atoms with Gasteiger partial charge in [-0.05, 0) is 49.6 Å². The Morgan fingerprint density at radius 1 is 1.03 bits per heavy atom. The first-order valence-corrected chi connectivity index (χ1v) is 26.3. The van der Waals surface area contributed by atoms with E-state index >= 15 is 0 Å². The van der Waals surface area contributed by atoms with Gasteiger partial charge in [0.2, 0.25) is 0 Å². The van der Waals surface area contributed by atoms with E-state index in [1.807, 2.05) is 19.1 Å². The monoisotopic (exact) mass is 1060 g/mol. The predicted molar refractivity (Wildman–Crippen MR) is 182 cm³/mol. The molecule has 2 aliphatic rings. The van der Waals surface area contributed by atoms with E-state index < -0.39 is 11.8 Å². The van der Waals surface area contributed by atoms with E-state index in [9.17, 15) is 17.6 Å². The average Bonchev–Trinajstić information content (AvgIpc) is 3.38. The van der Waals surface area contributed by atoms with Crippen molar-refractivity contribution in [1.82, 2.24) is 20.2 Å². The number of halogens is 9. The van der Waals surface area contributed by atoms with E-state index in [4.69, 9.17) is 4.74 Å². The first-order chi connectivity index (χ1) is 17.7. The van der Waals surface area contributed by atoms with Crippen LogP contribution in [0.1, 0.15) is 39.2 Å². The maximum absolute atomic E-state index is 12.9. The summed E-state index contributed by atoms with van der Waals surface area (Å²) < 4.78 is 56.3. The molecule has 0 radical (unpaired) electrons. The van der Waals surface area contributed by atoms with Gasteiger partial charge in [0.05, 0.1) is 26.4 Å². The van der Waals surface area contributed by atoms with Crippen LogP contribution < -0.4 is 10.1 Å². The van der Waals surface area contributed by atoms with Crippen LogP contribution in [0.15, 0.2) is 45.9 Å². The Kier molecular flexibility index (Phi) is 26.1. The fraction of sp³-hybridized carbons (Fsp3) is 0.542. The van der Waals surface area contributed by atoms with Crippen molar-refractivity contribution < 1.29 is 27.2 Å². The Labute approximate surface area is 285 Å². The second-order valence-corrected chi connectivity index (χ2v) is 45.0. The quantitative estimate of drug-likeness (QED) is 0.189. The van der Waals surface area contributed by atoms with Gasteiger partial charge in [-0.1, -0.05) is 14.4 Å². The minimum absolute atomic E-state index is 0. The molecule has 2 saturated heterocycles. The first kappa shape index (κ1) is 42.6. The number of hydrogen-bond acceptors (Lipinski definition) is 5. The van der Waals surface area contributed by atoms with E-state index in [2.05, 4.69) is 114 Å². The van der Waals surface area contributed by atoms with E-state index in [-0.39, 0.29) is 38.3 Å². The minimum atomic E-state index is -2.51. The van der Waals surface area contributed by atoms with Crippen molar-refractivity contribution in [2.24, 2.45) is 0 Å². The third-order valence-corrected chi connectivity index (χ3v) is 5.25. The number of nitrogens with one attached hydrogen (secondary N) is 1. The Morgan fingerprint density at radius 3 is 1.90 bits per heavy atom. The van der Waals surface area contributed by atoms with Crippen molar-refractivity contribution in [2.45, 2.75) is 52.0 Å². The van der Waals surface area contributed by atoms with Crippen LogP contribution in [0.25, 0.3) is 0 Å². The summed E-state index contributed by atoms with van der Waals surface area (Å²) in [5.41, 5.74) is 0.960. The zero-order valence-corrected chi connectivity index (χ0v) is 32.0. The molecule has 0 aromatic carbocycles. The summed E-state index contributed by atoms with van der Waals surface area (Å²) >= 11 is 14.0. The fourth-order valence-corrected chi connectivity index (χ4v) is 3.63. The van der Waals surface area contributed by atoms with Crippen molar-refractivity contribution in [3.05, 3.63) is 58.4 Å². The summed E-state index contributed by atoms with van der Waals surface area (Å²) in [5.74, 6) is -4.16. The zero-order chi connectivity index (χ0) is 29.2. The van der Waals surface area contributed by atoms with Crippen LogP contribution in [0.4, 0.5) is 17.6 Å². The fourth-order valence-electron chi connectivity index (χ4n) is 2.88. The van der Waals surface area contributed by atoms with Crippen LogP contribution in [-0.4, -0.2) is 60.0 Å². The summed E-state index contributed by atoms with van der Waals surface area (Å²) in [7, 11) is 1.61. The van der Waals surface area contributed by atoms with Gasteiger partial charge in [-0.15, -0.1) is 0 Å². The van der Waals surface area contributed by atoms with E-state index in [1.165, 1.54) is 0 Å². The normalized spacial score (nSPS) is 16.5. The second kappa shape index (κ2) is 23.9. The van der Waals surface area contributed by atoms with Crippen LogP contribution in [0, 0.1) is 6.92 Å². The van der Waals surface area contributed by atoms with E-state index in [1.54, 1.807) is 36.8 Å². The van der Waals surface area contributed by atoms with Crippen molar-refractivity contribution >= 4 is 91.8 Å². The summed E-state index contributed by atoms with van der Waals surface area (Å²) in [5, 5.41) is 2.56. The van der Waals surface area contributed by atoms with Crippen LogP contribution in [0.3, 0.4) is 0 Å². The average molecular weight is 1060 g/mol. The second-order valence-electron chi connectivity index (χ2n) is 7.85. The van der Waals surface area contributed by atoms with Gasteiger partial charge < -0.3 is 17.0 Å². The van der Waals surface area contributed by atoms with Crippen molar-refractivity contribution in [3.8, 4) is 5.75 Å². The van der Waals surface area contributed by atoms with Gasteiger partial charge in [-0.25, -0.2) is 17.6 Å². The molecule has 2 aliphatic heterocycles. The number of methoxy groups -OCH3 is 1. The molecule has 4 rings (SSSR count). The molecule has 2 fully saturated rings. The van der Waals surface area contributed by atoms with E-state index in [0.717, 1.165) is 26.7 Å². The van der Waals surface area contributed by atoms with Gasteiger partial charge in [0, 0.05) is 60.0 Å². The number of likely N-dealkylation sites (tertiary alicyclic amines) is 1. The third-order valence-electron chi connectivity index (χ3n) is 4.38. The molecule has 0 bridgehead atoms. The summed E-state index contributed by atoms with van der Waals surface area (Å²) in [6.45, 7) is 6.70. The molecule has 1 N–H and O–H groups in total. The van der Waals surface area contributed by atoms with E-state index in [0.29, 0.717) is 19.6 Å². The number of hydrogen-bond donors (Lipinski definition) is 1. The molecule has 5 nitrogen and oxygen atoms in total. The zero-order valence-electron chi connectivity index (χ0n) is 20.9. The van der Waals surface area contributed by atoms with Crippen LogP contribution in [0.5, 0.6) is 5.75 Å². The number of pyridine rings is 2. The van der Waals surface area contributed by atoms with Gasteiger partial charge in [-0.2, -0.15) is 6.42 Å². The van der Waals surface area contributed by atoms with Gasteiger partial charge in [0.25, 0.3) is 11.8 Å². The van der Waals surface area contributed by atoms with Crippen molar-refractivity contribution in [1.29, 1.82) is 0 Å². The van der Waals surface area contributed by atoms with Crippen molar-refractivity contribution in [3.63, 3.8) is 0 Å². The Balaban J connectivity index is 0.